The van der Waals surface area contributed by atoms with Crippen LogP contribution in [0.5, 0.6) is 5.88 Å². The van der Waals surface area contributed by atoms with Crippen molar-refractivity contribution in [2.45, 2.75) is 26.3 Å². The SMILES string of the molecule is CCC(C)n1c(O)c(C=C2C=Nc3ccc(Br)cc32)sc1=O. The minimum Gasteiger partial charge on any atom is -0.493 e. The van der Waals surface area contributed by atoms with Crippen LogP contribution in [0.2, 0.25) is 0 Å². The maximum atomic E-state index is 12.1. The van der Waals surface area contributed by atoms with E-state index in [-0.39, 0.29) is 16.8 Å². The molecule has 4 nitrogen and oxygen atoms in total. The van der Waals surface area contributed by atoms with Crippen molar-refractivity contribution >= 4 is 50.8 Å². The molecule has 1 atom stereocenters. The molecule has 1 aliphatic rings. The van der Waals surface area contributed by atoms with E-state index in [0.29, 0.717) is 4.88 Å². The van der Waals surface area contributed by atoms with Gasteiger partial charge in [0.1, 0.15) is 0 Å². The molecular weight excluding hydrogens is 364 g/mol. The number of nitrogens with zero attached hydrogens (tertiary/aromatic N) is 2. The Morgan fingerprint density at radius 3 is 3.00 bits per heavy atom. The molecule has 3 rings (SSSR count). The number of aliphatic imine (C=N–C) groups is 1. The molecule has 0 saturated carbocycles. The molecule has 0 fully saturated rings. The van der Waals surface area contributed by atoms with Crippen LogP contribution >= 0.6 is 27.3 Å². The standard InChI is InChI=1S/C16H15BrN2O2S/c1-3-9(2)19-15(20)14(22-16(19)21)6-10-8-18-13-5-4-11(17)7-12(10)13/h4-9,20H,3H2,1-2H3. The molecule has 1 aromatic heterocycles. The molecular formula is C16H15BrN2O2S. The van der Waals surface area contributed by atoms with Crippen LogP contribution in [0.3, 0.4) is 0 Å². The Kier molecular flexibility index (Phi) is 4.06. The zero-order valence-electron chi connectivity index (χ0n) is 12.2. The Morgan fingerprint density at radius 2 is 2.27 bits per heavy atom. The molecule has 2 aromatic rings. The lowest BCUT2D eigenvalue weighted by Gasteiger charge is -2.10. The molecule has 22 heavy (non-hydrogen) atoms. The van der Waals surface area contributed by atoms with Gasteiger partial charge in [0.25, 0.3) is 0 Å². The van der Waals surface area contributed by atoms with Crippen molar-refractivity contribution in [2.24, 2.45) is 4.99 Å². The largest absolute Gasteiger partial charge is 0.493 e. The van der Waals surface area contributed by atoms with Crippen LogP contribution in [0.4, 0.5) is 5.69 Å². The second-order valence-electron chi connectivity index (χ2n) is 5.20. The van der Waals surface area contributed by atoms with Crippen molar-refractivity contribution in [3.8, 4) is 5.88 Å². The number of aromatic hydroxyl groups is 1. The topological polar surface area (TPSA) is 54.6 Å². The summed E-state index contributed by atoms with van der Waals surface area (Å²) in [4.78, 5) is 16.9. The molecule has 0 bridgehead atoms. The van der Waals surface area contributed by atoms with Gasteiger partial charge in [0.15, 0.2) is 0 Å². The maximum Gasteiger partial charge on any atom is 0.310 e. The maximum absolute atomic E-state index is 12.1. The Bertz CT molecular complexity index is 848. The Morgan fingerprint density at radius 1 is 1.50 bits per heavy atom. The Hall–Kier alpha value is -1.66. The fourth-order valence-electron chi connectivity index (χ4n) is 2.38. The van der Waals surface area contributed by atoms with Gasteiger partial charge in [-0.05, 0) is 37.6 Å². The highest BCUT2D eigenvalue weighted by Gasteiger charge is 2.18. The third-order valence-corrected chi connectivity index (χ3v) is 5.16. The van der Waals surface area contributed by atoms with Crippen LogP contribution in [0.25, 0.3) is 11.6 Å². The lowest BCUT2D eigenvalue weighted by molar-refractivity contribution is 0.381. The van der Waals surface area contributed by atoms with Crippen molar-refractivity contribution < 1.29 is 5.11 Å². The van der Waals surface area contributed by atoms with E-state index in [4.69, 9.17) is 0 Å². The quantitative estimate of drug-likeness (QED) is 0.847. The molecule has 114 valence electrons. The van der Waals surface area contributed by atoms with Gasteiger partial charge in [0.05, 0.1) is 10.6 Å². The summed E-state index contributed by atoms with van der Waals surface area (Å²) in [6, 6.07) is 5.84. The number of halogens is 1. The number of allylic oxidation sites excluding steroid dienone is 1. The molecule has 6 heteroatoms. The van der Waals surface area contributed by atoms with Gasteiger partial charge in [-0.1, -0.05) is 34.2 Å². The number of benzene rings is 1. The van der Waals surface area contributed by atoms with Gasteiger partial charge in [-0.15, -0.1) is 0 Å². The first kappa shape index (κ1) is 15.2. The first-order chi connectivity index (χ1) is 10.5. The van der Waals surface area contributed by atoms with Gasteiger partial charge in [-0.3, -0.25) is 14.4 Å². The number of fused-ring (bicyclic) bond motifs is 1. The summed E-state index contributed by atoms with van der Waals surface area (Å²) in [5, 5.41) is 10.3. The average Bonchev–Trinajstić information content (AvgIpc) is 3.00. The summed E-state index contributed by atoms with van der Waals surface area (Å²) >= 11 is 4.51. The Labute approximate surface area is 140 Å². The molecule has 0 spiro atoms. The number of hydrogen-bond acceptors (Lipinski definition) is 4. The third-order valence-electron chi connectivity index (χ3n) is 3.77. The zero-order chi connectivity index (χ0) is 15.9. The van der Waals surface area contributed by atoms with Crippen LogP contribution in [0.1, 0.15) is 36.8 Å². The van der Waals surface area contributed by atoms with E-state index >= 15 is 0 Å². The molecule has 1 aliphatic heterocycles. The summed E-state index contributed by atoms with van der Waals surface area (Å²) in [5.41, 5.74) is 2.77. The number of thiazole rings is 1. The second-order valence-corrected chi connectivity index (χ2v) is 7.11. The van der Waals surface area contributed by atoms with Gasteiger partial charge in [0, 0.05) is 27.9 Å². The van der Waals surface area contributed by atoms with E-state index in [2.05, 4.69) is 20.9 Å². The molecule has 1 aromatic carbocycles. The minimum absolute atomic E-state index is 0.0189. The Balaban J connectivity index is 2.07. The summed E-state index contributed by atoms with van der Waals surface area (Å²) in [6.45, 7) is 3.91. The van der Waals surface area contributed by atoms with E-state index in [0.717, 1.165) is 39.1 Å². The molecule has 2 heterocycles. The summed E-state index contributed by atoms with van der Waals surface area (Å²) < 4.78 is 2.42. The van der Waals surface area contributed by atoms with Crippen molar-refractivity contribution in [1.82, 2.24) is 4.57 Å². The second kappa shape index (κ2) is 5.85. The molecule has 0 saturated heterocycles. The average molecular weight is 379 g/mol. The van der Waals surface area contributed by atoms with Crippen LogP contribution in [-0.2, 0) is 0 Å². The van der Waals surface area contributed by atoms with Gasteiger partial charge in [0.2, 0.25) is 5.88 Å². The first-order valence-electron chi connectivity index (χ1n) is 7.01. The normalized spacial score (nSPS) is 16.2. The van der Waals surface area contributed by atoms with E-state index in [1.54, 1.807) is 6.21 Å². The monoisotopic (exact) mass is 378 g/mol. The highest BCUT2D eigenvalue weighted by molar-refractivity contribution is 9.10. The highest BCUT2D eigenvalue weighted by Crippen LogP contribution is 2.36. The van der Waals surface area contributed by atoms with Crippen LogP contribution in [0, 0.1) is 0 Å². The predicted octanol–water partition coefficient (Wildman–Crippen LogP) is 4.61. The zero-order valence-corrected chi connectivity index (χ0v) is 14.6. The minimum atomic E-state index is -0.136. The van der Waals surface area contributed by atoms with Gasteiger partial charge in [-0.25, -0.2) is 0 Å². The molecule has 1 unspecified atom stereocenters. The molecule has 1 N–H and O–H groups in total. The first-order valence-corrected chi connectivity index (χ1v) is 8.62. The van der Waals surface area contributed by atoms with E-state index in [1.165, 1.54) is 4.57 Å². The van der Waals surface area contributed by atoms with Crippen LogP contribution in [0.15, 0.2) is 32.5 Å². The van der Waals surface area contributed by atoms with Crippen LogP contribution < -0.4 is 4.87 Å². The summed E-state index contributed by atoms with van der Waals surface area (Å²) in [5.74, 6) is 0.0358. The van der Waals surface area contributed by atoms with Crippen molar-refractivity contribution in [1.29, 1.82) is 0 Å². The number of rotatable bonds is 3. The van der Waals surface area contributed by atoms with Gasteiger partial charge >= 0.3 is 4.87 Å². The van der Waals surface area contributed by atoms with Crippen LogP contribution in [-0.4, -0.2) is 15.9 Å². The summed E-state index contributed by atoms with van der Waals surface area (Å²) in [7, 11) is 0. The smallest absolute Gasteiger partial charge is 0.310 e. The molecule has 0 amide bonds. The fourth-order valence-corrected chi connectivity index (χ4v) is 3.67. The van der Waals surface area contributed by atoms with Crippen molar-refractivity contribution in [3.63, 3.8) is 0 Å². The van der Waals surface area contributed by atoms with Crippen molar-refractivity contribution in [2.75, 3.05) is 0 Å². The van der Waals surface area contributed by atoms with Gasteiger partial charge < -0.3 is 5.11 Å². The highest BCUT2D eigenvalue weighted by atomic mass is 79.9. The molecule has 0 radical (unpaired) electrons. The van der Waals surface area contributed by atoms with Gasteiger partial charge in [-0.2, -0.15) is 0 Å². The number of aromatic nitrogens is 1. The predicted molar refractivity (Wildman–Crippen MR) is 95.4 cm³/mol. The molecule has 0 aliphatic carbocycles. The fraction of sp³-hybridized carbons (Fsp3) is 0.250. The van der Waals surface area contributed by atoms with E-state index < -0.39 is 0 Å². The van der Waals surface area contributed by atoms with E-state index in [1.807, 2.05) is 38.1 Å². The number of hydrogen-bond donors (Lipinski definition) is 1. The lowest BCUT2D eigenvalue weighted by atomic mass is 10.1. The lowest BCUT2D eigenvalue weighted by Crippen LogP contribution is -2.16. The van der Waals surface area contributed by atoms with E-state index in [9.17, 15) is 9.90 Å². The third kappa shape index (κ3) is 2.57. The van der Waals surface area contributed by atoms with Crippen molar-refractivity contribution in [3.05, 3.63) is 42.8 Å². The summed E-state index contributed by atoms with van der Waals surface area (Å²) in [6.07, 6.45) is 4.37.